The van der Waals surface area contributed by atoms with Crippen LogP contribution in [0, 0.1) is 0 Å². The van der Waals surface area contributed by atoms with Crippen LogP contribution in [0.1, 0.15) is 38.2 Å². The fraction of sp³-hybridized carbons (Fsp3) is 0.533. The predicted molar refractivity (Wildman–Crippen MR) is 71.6 cm³/mol. The highest BCUT2D eigenvalue weighted by molar-refractivity contribution is 5.81. The van der Waals surface area contributed by atoms with Gasteiger partial charge in [-0.15, -0.1) is 0 Å². The summed E-state index contributed by atoms with van der Waals surface area (Å²) in [5, 5.41) is 3.02. The Balaban J connectivity index is 1.94. The van der Waals surface area contributed by atoms with E-state index in [0.717, 1.165) is 23.5 Å². The molecule has 0 aromatic heterocycles. The van der Waals surface area contributed by atoms with E-state index in [2.05, 4.69) is 19.2 Å². The molecule has 1 amide bonds. The number of nitrogens with one attached hydrogen (secondary N) is 1. The highest BCUT2D eigenvalue weighted by atomic mass is 16.5. The Morgan fingerprint density at radius 2 is 1.95 bits per heavy atom. The number of carbonyl (C=O) groups excluding carboxylic acids is 1. The predicted octanol–water partition coefficient (Wildman–Crippen LogP) is 2.23. The maximum absolute atomic E-state index is 11.6. The molecule has 19 heavy (non-hydrogen) atoms. The SMILES string of the molecule is CC1(C)NC(=O)CC1c1ccc2c(c1)OCCCO2. The van der Waals surface area contributed by atoms with Crippen LogP contribution in [-0.4, -0.2) is 24.7 Å². The van der Waals surface area contributed by atoms with Gasteiger partial charge in [0.2, 0.25) is 5.91 Å². The topological polar surface area (TPSA) is 47.6 Å². The molecule has 1 unspecified atom stereocenters. The van der Waals surface area contributed by atoms with E-state index in [4.69, 9.17) is 9.47 Å². The van der Waals surface area contributed by atoms with Crippen molar-refractivity contribution >= 4 is 5.91 Å². The summed E-state index contributed by atoms with van der Waals surface area (Å²) in [5.41, 5.74) is 0.921. The van der Waals surface area contributed by atoms with Gasteiger partial charge in [0.15, 0.2) is 11.5 Å². The molecule has 2 aliphatic heterocycles. The van der Waals surface area contributed by atoms with E-state index >= 15 is 0 Å². The molecule has 1 saturated heterocycles. The minimum atomic E-state index is -0.211. The van der Waals surface area contributed by atoms with Crippen molar-refractivity contribution in [2.45, 2.75) is 38.1 Å². The zero-order chi connectivity index (χ0) is 13.5. The molecule has 0 aliphatic carbocycles. The molecule has 0 bridgehead atoms. The van der Waals surface area contributed by atoms with Crippen LogP contribution in [0.5, 0.6) is 11.5 Å². The quantitative estimate of drug-likeness (QED) is 0.843. The number of fused-ring (bicyclic) bond motifs is 1. The van der Waals surface area contributed by atoms with Gasteiger partial charge in [-0.2, -0.15) is 0 Å². The zero-order valence-corrected chi connectivity index (χ0v) is 11.4. The zero-order valence-electron chi connectivity index (χ0n) is 11.4. The maximum atomic E-state index is 11.6. The van der Waals surface area contributed by atoms with Crippen LogP contribution in [0.2, 0.25) is 0 Å². The van der Waals surface area contributed by atoms with E-state index in [1.54, 1.807) is 0 Å². The molecular weight excluding hydrogens is 242 g/mol. The fourth-order valence-corrected chi connectivity index (χ4v) is 2.87. The molecule has 1 N–H and O–H groups in total. The Morgan fingerprint density at radius 1 is 1.21 bits per heavy atom. The first-order valence-corrected chi connectivity index (χ1v) is 6.77. The molecule has 0 radical (unpaired) electrons. The van der Waals surface area contributed by atoms with Gasteiger partial charge in [-0.3, -0.25) is 4.79 Å². The lowest BCUT2D eigenvalue weighted by Crippen LogP contribution is -2.38. The van der Waals surface area contributed by atoms with Gasteiger partial charge in [-0.05, 0) is 31.5 Å². The number of hydrogen-bond donors (Lipinski definition) is 1. The lowest BCUT2D eigenvalue weighted by atomic mass is 9.83. The average Bonchev–Trinajstić information content (AvgIpc) is 2.54. The summed E-state index contributed by atoms with van der Waals surface area (Å²) in [6, 6.07) is 6.02. The van der Waals surface area contributed by atoms with Crippen LogP contribution in [0.25, 0.3) is 0 Å². The summed E-state index contributed by atoms with van der Waals surface area (Å²) in [4.78, 5) is 11.6. The van der Waals surface area contributed by atoms with E-state index in [1.807, 2.05) is 18.2 Å². The monoisotopic (exact) mass is 261 g/mol. The second kappa shape index (κ2) is 4.44. The number of ether oxygens (including phenoxy) is 2. The summed E-state index contributed by atoms with van der Waals surface area (Å²) in [6.07, 6.45) is 1.44. The Morgan fingerprint density at radius 3 is 2.63 bits per heavy atom. The molecule has 1 atom stereocenters. The highest BCUT2D eigenvalue weighted by Crippen LogP contribution is 2.40. The molecule has 1 aromatic carbocycles. The molecule has 4 heteroatoms. The molecule has 1 fully saturated rings. The van der Waals surface area contributed by atoms with Crippen LogP contribution in [-0.2, 0) is 4.79 Å². The first kappa shape index (κ1) is 12.3. The number of benzene rings is 1. The fourth-order valence-electron chi connectivity index (χ4n) is 2.87. The van der Waals surface area contributed by atoms with Crippen LogP contribution in [0.4, 0.5) is 0 Å². The summed E-state index contributed by atoms with van der Waals surface area (Å²) in [5.74, 6) is 1.89. The van der Waals surface area contributed by atoms with Crippen LogP contribution >= 0.6 is 0 Å². The Kier molecular flexibility index (Phi) is 2.88. The smallest absolute Gasteiger partial charge is 0.221 e. The van der Waals surface area contributed by atoms with Gasteiger partial charge in [0.1, 0.15) is 0 Å². The van der Waals surface area contributed by atoms with Crippen LogP contribution < -0.4 is 14.8 Å². The van der Waals surface area contributed by atoms with Gasteiger partial charge in [0, 0.05) is 24.3 Å². The van der Waals surface area contributed by atoms with Crippen molar-refractivity contribution in [2.75, 3.05) is 13.2 Å². The Hall–Kier alpha value is -1.71. The Bertz CT molecular complexity index is 510. The van der Waals surface area contributed by atoms with Crippen molar-refractivity contribution in [3.05, 3.63) is 23.8 Å². The normalized spacial score (nSPS) is 24.7. The first-order valence-electron chi connectivity index (χ1n) is 6.77. The van der Waals surface area contributed by atoms with Gasteiger partial charge in [0.05, 0.1) is 13.2 Å². The summed E-state index contributed by atoms with van der Waals surface area (Å²) < 4.78 is 11.3. The standard InChI is InChI=1S/C15H19NO3/c1-15(2)11(9-14(17)16-15)10-4-5-12-13(8-10)19-7-3-6-18-12/h4-5,8,11H,3,6-7,9H2,1-2H3,(H,16,17). The van der Waals surface area contributed by atoms with Gasteiger partial charge < -0.3 is 14.8 Å². The molecule has 102 valence electrons. The average molecular weight is 261 g/mol. The third-order valence-electron chi connectivity index (χ3n) is 3.90. The molecular formula is C15H19NO3. The summed E-state index contributed by atoms with van der Waals surface area (Å²) >= 11 is 0. The maximum Gasteiger partial charge on any atom is 0.221 e. The van der Waals surface area contributed by atoms with E-state index in [-0.39, 0.29) is 17.4 Å². The van der Waals surface area contributed by atoms with Crippen LogP contribution in [0.15, 0.2) is 18.2 Å². The number of rotatable bonds is 1. The highest BCUT2D eigenvalue weighted by Gasteiger charge is 2.40. The molecule has 0 saturated carbocycles. The van der Waals surface area contributed by atoms with Crippen molar-refractivity contribution in [3.8, 4) is 11.5 Å². The first-order chi connectivity index (χ1) is 9.06. The summed E-state index contributed by atoms with van der Waals surface area (Å²) in [7, 11) is 0. The number of hydrogen-bond acceptors (Lipinski definition) is 3. The van der Waals surface area contributed by atoms with E-state index in [0.29, 0.717) is 19.6 Å². The number of amides is 1. The van der Waals surface area contributed by atoms with Crippen molar-refractivity contribution in [3.63, 3.8) is 0 Å². The molecule has 3 rings (SSSR count). The molecule has 2 heterocycles. The third kappa shape index (κ3) is 2.27. The third-order valence-corrected chi connectivity index (χ3v) is 3.90. The number of carbonyl (C=O) groups is 1. The van der Waals surface area contributed by atoms with Gasteiger partial charge in [0.25, 0.3) is 0 Å². The summed E-state index contributed by atoms with van der Waals surface area (Å²) in [6.45, 7) is 5.50. The lowest BCUT2D eigenvalue weighted by molar-refractivity contribution is -0.119. The van der Waals surface area contributed by atoms with Crippen molar-refractivity contribution < 1.29 is 14.3 Å². The second-order valence-corrected chi connectivity index (χ2v) is 5.78. The van der Waals surface area contributed by atoms with Crippen molar-refractivity contribution in [1.29, 1.82) is 0 Å². The van der Waals surface area contributed by atoms with Gasteiger partial charge in [-0.25, -0.2) is 0 Å². The van der Waals surface area contributed by atoms with Gasteiger partial charge in [-0.1, -0.05) is 6.07 Å². The van der Waals surface area contributed by atoms with E-state index in [9.17, 15) is 4.79 Å². The van der Waals surface area contributed by atoms with Crippen LogP contribution in [0.3, 0.4) is 0 Å². The minimum absolute atomic E-state index is 0.113. The largest absolute Gasteiger partial charge is 0.490 e. The van der Waals surface area contributed by atoms with E-state index in [1.165, 1.54) is 0 Å². The molecule has 2 aliphatic rings. The molecule has 0 spiro atoms. The molecule has 4 nitrogen and oxygen atoms in total. The second-order valence-electron chi connectivity index (χ2n) is 5.78. The van der Waals surface area contributed by atoms with Crippen molar-refractivity contribution in [1.82, 2.24) is 5.32 Å². The minimum Gasteiger partial charge on any atom is -0.490 e. The Labute approximate surface area is 113 Å². The molecule has 1 aromatic rings. The lowest BCUT2D eigenvalue weighted by Gasteiger charge is -2.27. The van der Waals surface area contributed by atoms with Crippen molar-refractivity contribution in [2.24, 2.45) is 0 Å². The van der Waals surface area contributed by atoms with Gasteiger partial charge >= 0.3 is 0 Å². The van der Waals surface area contributed by atoms with E-state index < -0.39 is 0 Å².